The van der Waals surface area contributed by atoms with E-state index in [-0.39, 0.29) is 5.41 Å². The van der Waals surface area contributed by atoms with E-state index < -0.39 is 0 Å². The summed E-state index contributed by atoms with van der Waals surface area (Å²) in [4.78, 5) is 11.1. The van der Waals surface area contributed by atoms with Gasteiger partial charge in [0.2, 0.25) is 5.88 Å². The summed E-state index contributed by atoms with van der Waals surface area (Å²) in [5, 5.41) is 3.05. The Morgan fingerprint density at radius 3 is 2.47 bits per heavy atom. The molecule has 0 amide bonds. The van der Waals surface area contributed by atoms with Crippen LogP contribution >= 0.6 is 0 Å². The Bertz CT molecular complexity index is 399. The van der Waals surface area contributed by atoms with Gasteiger partial charge in [0.05, 0.1) is 6.61 Å². The molecule has 1 heterocycles. The van der Waals surface area contributed by atoms with Gasteiger partial charge in [0.25, 0.3) is 0 Å². The smallest absolute Gasteiger partial charge is 0.218 e. The van der Waals surface area contributed by atoms with E-state index in [0.717, 1.165) is 24.6 Å². The number of nitrogens with zero attached hydrogens (tertiary/aromatic N) is 3. The van der Waals surface area contributed by atoms with Crippen LogP contribution in [0.25, 0.3) is 0 Å². The van der Waals surface area contributed by atoms with Crippen LogP contribution in [0.15, 0.2) is 6.07 Å². The molecule has 1 rings (SSSR count). The molecule has 0 aliphatic heterocycles. The average Bonchev–Trinajstić information content (AvgIpc) is 2.33. The monoisotopic (exact) mass is 266 g/mol. The van der Waals surface area contributed by atoms with E-state index in [2.05, 4.69) is 55.1 Å². The number of nitrogens with one attached hydrogen (secondary N) is 1. The molecule has 5 nitrogen and oxygen atoms in total. The van der Waals surface area contributed by atoms with Crippen LogP contribution in [0.5, 0.6) is 5.88 Å². The highest BCUT2D eigenvalue weighted by atomic mass is 16.5. The van der Waals surface area contributed by atoms with E-state index >= 15 is 0 Å². The van der Waals surface area contributed by atoms with Crippen LogP contribution in [-0.2, 0) is 5.41 Å². The molecule has 0 radical (unpaired) electrons. The fourth-order valence-corrected chi connectivity index (χ4v) is 1.52. The van der Waals surface area contributed by atoms with Gasteiger partial charge >= 0.3 is 0 Å². The Hall–Kier alpha value is -1.36. The van der Waals surface area contributed by atoms with Crippen LogP contribution in [0.1, 0.15) is 33.0 Å². The zero-order valence-electron chi connectivity index (χ0n) is 12.9. The lowest BCUT2D eigenvalue weighted by Gasteiger charge is -2.18. The number of hydrogen-bond acceptors (Lipinski definition) is 5. The van der Waals surface area contributed by atoms with Crippen LogP contribution < -0.4 is 10.1 Å². The summed E-state index contributed by atoms with van der Waals surface area (Å²) < 4.78 is 5.72. The van der Waals surface area contributed by atoms with Crippen molar-refractivity contribution in [2.75, 3.05) is 39.6 Å². The average molecular weight is 266 g/mol. The van der Waals surface area contributed by atoms with Crippen molar-refractivity contribution in [1.82, 2.24) is 14.9 Å². The molecule has 0 aliphatic carbocycles. The Kier molecular flexibility index (Phi) is 5.54. The Morgan fingerprint density at radius 1 is 1.26 bits per heavy atom. The minimum atomic E-state index is -0.0887. The van der Waals surface area contributed by atoms with Crippen LogP contribution in [0.3, 0.4) is 0 Å². The van der Waals surface area contributed by atoms with Crippen LogP contribution in [0.2, 0.25) is 0 Å². The molecule has 0 aromatic carbocycles. The highest BCUT2D eigenvalue weighted by molar-refractivity contribution is 5.38. The Labute approximate surface area is 116 Å². The van der Waals surface area contributed by atoms with Crippen molar-refractivity contribution < 1.29 is 4.74 Å². The van der Waals surface area contributed by atoms with Gasteiger partial charge in [-0.15, -0.1) is 0 Å². The van der Waals surface area contributed by atoms with Crippen molar-refractivity contribution in [2.24, 2.45) is 0 Å². The lowest BCUT2D eigenvalue weighted by molar-refractivity contribution is 0.271. The molecular weight excluding hydrogens is 240 g/mol. The molecule has 0 saturated heterocycles. The lowest BCUT2D eigenvalue weighted by atomic mass is 9.96. The molecule has 0 saturated carbocycles. The molecule has 0 unspecified atom stereocenters. The zero-order valence-corrected chi connectivity index (χ0v) is 12.9. The predicted octanol–water partition coefficient (Wildman–Crippen LogP) is 2.15. The van der Waals surface area contributed by atoms with E-state index in [1.54, 1.807) is 0 Å². The maximum Gasteiger partial charge on any atom is 0.218 e. The lowest BCUT2D eigenvalue weighted by Crippen LogP contribution is -2.18. The third kappa shape index (κ3) is 5.42. The second-order valence-electron chi connectivity index (χ2n) is 5.92. The normalized spacial score (nSPS) is 11.7. The van der Waals surface area contributed by atoms with E-state index in [1.165, 1.54) is 0 Å². The molecule has 1 aromatic heterocycles. The summed E-state index contributed by atoms with van der Waals surface area (Å²) in [6.45, 7) is 7.96. The van der Waals surface area contributed by atoms with Gasteiger partial charge in [-0.25, -0.2) is 4.98 Å². The number of aromatic nitrogens is 2. The van der Waals surface area contributed by atoms with Gasteiger partial charge in [0, 0.05) is 25.1 Å². The van der Waals surface area contributed by atoms with Gasteiger partial charge in [0.15, 0.2) is 0 Å². The molecule has 0 bridgehead atoms. The fourth-order valence-electron chi connectivity index (χ4n) is 1.52. The number of hydrogen-bond donors (Lipinski definition) is 1. The first kappa shape index (κ1) is 15.7. The van der Waals surface area contributed by atoms with E-state index in [4.69, 9.17) is 4.74 Å². The highest BCUT2D eigenvalue weighted by Crippen LogP contribution is 2.23. The topological polar surface area (TPSA) is 50.3 Å². The molecule has 0 aliphatic rings. The highest BCUT2D eigenvalue weighted by Gasteiger charge is 2.19. The molecule has 1 aromatic rings. The number of anilines is 1. The summed E-state index contributed by atoms with van der Waals surface area (Å²) in [5.41, 5.74) is -0.0887. The second-order valence-corrected chi connectivity index (χ2v) is 5.92. The van der Waals surface area contributed by atoms with Gasteiger partial charge in [-0.2, -0.15) is 4.98 Å². The minimum absolute atomic E-state index is 0.0887. The molecule has 1 N–H and O–H groups in total. The largest absolute Gasteiger partial charge is 0.477 e. The summed E-state index contributed by atoms with van der Waals surface area (Å²) in [5.74, 6) is 2.23. The van der Waals surface area contributed by atoms with E-state index in [0.29, 0.717) is 12.5 Å². The first-order valence-corrected chi connectivity index (χ1v) is 6.68. The summed E-state index contributed by atoms with van der Waals surface area (Å²) in [6, 6.07) is 1.84. The van der Waals surface area contributed by atoms with Crippen molar-refractivity contribution in [3.63, 3.8) is 0 Å². The maximum atomic E-state index is 5.72. The van der Waals surface area contributed by atoms with Crippen molar-refractivity contribution in [3.8, 4) is 5.88 Å². The van der Waals surface area contributed by atoms with Crippen molar-refractivity contribution in [2.45, 2.75) is 32.6 Å². The zero-order chi connectivity index (χ0) is 14.5. The minimum Gasteiger partial charge on any atom is -0.477 e. The van der Waals surface area contributed by atoms with Gasteiger partial charge in [-0.1, -0.05) is 20.8 Å². The molecule has 0 fully saturated rings. The van der Waals surface area contributed by atoms with E-state index in [9.17, 15) is 0 Å². The summed E-state index contributed by atoms with van der Waals surface area (Å²) in [7, 11) is 5.97. The van der Waals surface area contributed by atoms with Crippen LogP contribution in [-0.4, -0.2) is 49.2 Å². The Morgan fingerprint density at radius 2 is 1.95 bits per heavy atom. The maximum absolute atomic E-state index is 5.72. The number of rotatable bonds is 6. The summed E-state index contributed by atoms with van der Waals surface area (Å²) >= 11 is 0. The second kappa shape index (κ2) is 6.70. The quantitative estimate of drug-likeness (QED) is 0.800. The predicted molar refractivity (Wildman–Crippen MR) is 78.9 cm³/mol. The van der Waals surface area contributed by atoms with Crippen molar-refractivity contribution in [3.05, 3.63) is 11.9 Å². The number of ether oxygens (including phenoxy) is 1. The summed E-state index contributed by atoms with van der Waals surface area (Å²) in [6.07, 6.45) is 0.983. The first-order valence-electron chi connectivity index (χ1n) is 6.68. The van der Waals surface area contributed by atoms with Crippen molar-refractivity contribution in [1.29, 1.82) is 0 Å². The third-order valence-electron chi connectivity index (χ3n) is 2.63. The molecule has 19 heavy (non-hydrogen) atoms. The van der Waals surface area contributed by atoms with Gasteiger partial charge in [0.1, 0.15) is 11.6 Å². The molecule has 0 atom stereocenters. The Balaban J connectivity index is 2.72. The molecule has 108 valence electrons. The van der Waals surface area contributed by atoms with Gasteiger partial charge in [-0.3, -0.25) is 0 Å². The molecular formula is C14H26N4O. The standard InChI is InChI=1S/C14H26N4O/c1-14(2,3)13-16-11(15-4)10-12(17-13)19-9-7-8-18(5)6/h10H,7-9H2,1-6H3,(H,15,16,17). The van der Waals surface area contributed by atoms with Crippen molar-refractivity contribution >= 4 is 5.82 Å². The van der Waals surface area contributed by atoms with Crippen LogP contribution in [0.4, 0.5) is 5.82 Å². The van der Waals surface area contributed by atoms with E-state index in [1.807, 2.05) is 13.1 Å². The van der Waals surface area contributed by atoms with Crippen LogP contribution in [0, 0.1) is 0 Å². The molecule has 5 heteroatoms. The van der Waals surface area contributed by atoms with Gasteiger partial charge < -0.3 is 15.0 Å². The molecule has 0 spiro atoms. The third-order valence-corrected chi connectivity index (χ3v) is 2.63. The SMILES string of the molecule is CNc1cc(OCCCN(C)C)nc(C(C)(C)C)n1. The van der Waals surface area contributed by atoms with Gasteiger partial charge in [-0.05, 0) is 20.5 Å². The first-order chi connectivity index (χ1) is 8.82. The fraction of sp³-hybridized carbons (Fsp3) is 0.714.